The second-order valence-electron chi connectivity index (χ2n) is 6.97. The maximum absolute atomic E-state index is 12.6. The van der Waals surface area contributed by atoms with Gasteiger partial charge in [0.25, 0.3) is 0 Å². The number of tetrazole rings is 1. The quantitative estimate of drug-likeness (QED) is 0.591. The van der Waals surface area contributed by atoms with Crippen LogP contribution in [-0.4, -0.2) is 54.3 Å². The van der Waals surface area contributed by atoms with E-state index in [2.05, 4.69) is 25.6 Å². The van der Waals surface area contributed by atoms with Crippen molar-refractivity contribution >= 4 is 23.6 Å². The lowest BCUT2D eigenvalue weighted by Gasteiger charge is -2.13. The van der Waals surface area contributed by atoms with Crippen LogP contribution in [0.25, 0.3) is 6.08 Å². The normalized spacial score (nSPS) is 16.8. The van der Waals surface area contributed by atoms with Gasteiger partial charge < -0.3 is 9.32 Å². The van der Waals surface area contributed by atoms with E-state index in [0.29, 0.717) is 42.3 Å². The molecule has 10 heteroatoms. The third-order valence-corrected chi connectivity index (χ3v) is 5.00. The smallest absolute Gasteiger partial charge is 0.246 e. The minimum absolute atomic E-state index is 0.0561. The Morgan fingerprint density at radius 1 is 1.31 bits per heavy atom. The van der Waals surface area contributed by atoms with Crippen molar-refractivity contribution in [2.24, 2.45) is 0 Å². The van der Waals surface area contributed by atoms with Crippen molar-refractivity contribution in [3.63, 3.8) is 0 Å². The van der Waals surface area contributed by atoms with Crippen molar-refractivity contribution in [3.05, 3.63) is 58.0 Å². The van der Waals surface area contributed by atoms with Crippen molar-refractivity contribution in [3.8, 4) is 0 Å². The molecule has 150 valence electrons. The van der Waals surface area contributed by atoms with E-state index >= 15 is 0 Å². The second-order valence-corrected chi connectivity index (χ2v) is 7.41. The number of aromatic nitrogens is 6. The Morgan fingerprint density at radius 3 is 2.90 bits per heavy atom. The maximum atomic E-state index is 12.6. The summed E-state index contributed by atoms with van der Waals surface area (Å²) in [4.78, 5) is 15.9. The van der Waals surface area contributed by atoms with Crippen LogP contribution in [-0.2, 0) is 11.3 Å². The zero-order valence-electron chi connectivity index (χ0n) is 16.1. The first kappa shape index (κ1) is 19.3. The third-order valence-electron chi connectivity index (χ3n) is 4.77. The first-order chi connectivity index (χ1) is 14.0. The highest BCUT2D eigenvalue weighted by molar-refractivity contribution is 6.30. The SMILES string of the molecule is Cc1nnn(Cc2cc(Cl)ccc2C=CC(=O)N2CCC(c3nnc(C)o3)C2)n1. The molecule has 0 aliphatic carbocycles. The molecule has 1 amide bonds. The monoisotopic (exact) mass is 413 g/mol. The average Bonchev–Trinajstić information content (AvgIpc) is 3.42. The molecule has 1 atom stereocenters. The molecule has 3 aromatic rings. The Hall–Kier alpha value is -3.07. The molecule has 29 heavy (non-hydrogen) atoms. The van der Waals surface area contributed by atoms with Crippen molar-refractivity contribution in [2.75, 3.05) is 13.1 Å². The molecular formula is C19H20ClN7O2. The van der Waals surface area contributed by atoms with Gasteiger partial charge in [-0.2, -0.15) is 4.80 Å². The maximum Gasteiger partial charge on any atom is 0.246 e. The topological polar surface area (TPSA) is 103 Å². The van der Waals surface area contributed by atoms with Crippen LogP contribution >= 0.6 is 11.6 Å². The van der Waals surface area contributed by atoms with E-state index in [0.717, 1.165) is 17.5 Å². The molecule has 0 radical (unpaired) electrons. The molecule has 1 aliphatic rings. The lowest BCUT2D eigenvalue weighted by atomic mass is 10.1. The summed E-state index contributed by atoms with van der Waals surface area (Å²) >= 11 is 6.15. The van der Waals surface area contributed by atoms with Gasteiger partial charge in [-0.15, -0.1) is 20.4 Å². The molecule has 2 aromatic heterocycles. The van der Waals surface area contributed by atoms with Gasteiger partial charge in [-0.1, -0.05) is 17.7 Å². The summed E-state index contributed by atoms with van der Waals surface area (Å²) in [5.74, 6) is 1.76. The number of rotatable bonds is 5. The zero-order chi connectivity index (χ0) is 20.4. The standard InChI is InChI=1S/C19H20ClN7O2/c1-12-21-25-27(24-12)11-16-9-17(20)5-3-14(16)4-6-18(28)26-8-7-15(10-26)19-23-22-13(2)29-19/h3-6,9,15H,7-8,10-11H2,1-2H3. The Morgan fingerprint density at radius 2 is 2.17 bits per heavy atom. The highest BCUT2D eigenvalue weighted by Crippen LogP contribution is 2.26. The van der Waals surface area contributed by atoms with Gasteiger partial charge in [0.05, 0.1) is 12.5 Å². The fourth-order valence-corrected chi connectivity index (χ4v) is 3.52. The first-order valence-corrected chi connectivity index (χ1v) is 9.65. The van der Waals surface area contributed by atoms with Gasteiger partial charge in [-0.25, -0.2) is 0 Å². The predicted octanol–water partition coefficient (Wildman–Crippen LogP) is 2.40. The zero-order valence-corrected chi connectivity index (χ0v) is 16.9. The summed E-state index contributed by atoms with van der Waals surface area (Å²) in [5, 5.41) is 20.6. The van der Waals surface area contributed by atoms with Crippen LogP contribution in [0.3, 0.4) is 0 Å². The van der Waals surface area contributed by atoms with Crippen LogP contribution in [0.1, 0.15) is 41.1 Å². The summed E-state index contributed by atoms with van der Waals surface area (Å²) in [5.41, 5.74) is 1.78. The largest absolute Gasteiger partial charge is 0.425 e. The minimum atomic E-state index is -0.0561. The first-order valence-electron chi connectivity index (χ1n) is 9.28. The number of benzene rings is 1. The van der Waals surface area contributed by atoms with Crippen molar-refractivity contribution in [1.29, 1.82) is 0 Å². The number of halogens is 1. The van der Waals surface area contributed by atoms with Gasteiger partial charge in [-0.3, -0.25) is 4.79 Å². The lowest BCUT2D eigenvalue weighted by molar-refractivity contribution is -0.125. The molecular weight excluding hydrogens is 394 g/mol. The van der Waals surface area contributed by atoms with Crippen LogP contribution in [0.4, 0.5) is 0 Å². The molecule has 3 heterocycles. The number of hydrogen-bond donors (Lipinski definition) is 0. The molecule has 1 saturated heterocycles. The Labute approximate surface area is 172 Å². The van der Waals surface area contributed by atoms with E-state index in [1.807, 2.05) is 12.1 Å². The minimum Gasteiger partial charge on any atom is -0.425 e. The van der Waals surface area contributed by atoms with Gasteiger partial charge in [-0.05, 0) is 47.9 Å². The van der Waals surface area contributed by atoms with Crippen molar-refractivity contribution in [2.45, 2.75) is 32.7 Å². The van der Waals surface area contributed by atoms with E-state index in [-0.39, 0.29) is 11.8 Å². The number of carbonyl (C=O) groups is 1. The number of likely N-dealkylation sites (tertiary alicyclic amines) is 1. The summed E-state index contributed by atoms with van der Waals surface area (Å²) in [6.07, 6.45) is 4.18. The number of nitrogens with zero attached hydrogens (tertiary/aromatic N) is 7. The van der Waals surface area contributed by atoms with E-state index in [4.69, 9.17) is 16.0 Å². The van der Waals surface area contributed by atoms with Gasteiger partial charge in [0.15, 0.2) is 5.82 Å². The van der Waals surface area contributed by atoms with Gasteiger partial charge in [0.1, 0.15) is 0 Å². The summed E-state index contributed by atoms with van der Waals surface area (Å²) < 4.78 is 5.50. The molecule has 9 nitrogen and oxygen atoms in total. The molecule has 1 aliphatic heterocycles. The number of aryl methyl sites for hydroxylation is 2. The van der Waals surface area contributed by atoms with E-state index in [9.17, 15) is 4.79 Å². The van der Waals surface area contributed by atoms with Crippen LogP contribution in [0, 0.1) is 13.8 Å². The van der Waals surface area contributed by atoms with Gasteiger partial charge in [0.2, 0.25) is 17.7 Å². The fraction of sp³-hybridized carbons (Fsp3) is 0.368. The molecule has 0 saturated carbocycles. The summed E-state index contributed by atoms with van der Waals surface area (Å²) in [6, 6.07) is 5.51. The number of amides is 1. The average molecular weight is 414 g/mol. The van der Waals surface area contributed by atoms with Crippen LogP contribution in [0.5, 0.6) is 0 Å². The molecule has 0 bridgehead atoms. The van der Waals surface area contributed by atoms with Gasteiger partial charge in [0, 0.05) is 31.1 Å². The highest BCUT2D eigenvalue weighted by atomic mass is 35.5. The number of hydrogen-bond acceptors (Lipinski definition) is 7. The number of carbonyl (C=O) groups excluding carboxylic acids is 1. The predicted molar refractivity (Wildman–Crippen MR) is 105 cm³/mol. The highest BCUT2D eigenvalue weighted by Gasteiger charge is 2.29. The fourth-order valence-electron chi connectivity index (χ4n) is 3.32. The van der Waals surface area contributed by atoms with Crippen molar-refractivity contribution in [1.82, 2.24) is 35.3 Å². The molecule has 0 N–H and O–H groups in total. The molecule has 0 spiro atoms. The lowest BCUT2D eigenvalue weighted by Crippen LogP contribution is -2.26. The summed E-state index contributed by atoms with van der Waals surface area (Å²) in [6.45, 7) is 5.18. The van der Waals surface area contributed by atoms with E-state index in [1.165, 1.54) is 4.80 Å². The van der Waals surface area contributed by atoms with Crippen LogP contribution in [0.15, 0.2) is 28.7 Å². The Balaban J connectivity index is 1.45. The molecule has 4 rings (SSSR count). The third kappa shape index (κ3) is 4.51. The molecule has 1 fully saturated rings. The summed E-state index contributed by atoms with van der Waals surface area (Å²) in [7, 11) is 0. The Bertz CT molecular complexity index is 1060. The second kappa shape index (κ2) is 8.12. The van der Waals surface area contributed by atoms with E-state index < -0.39 is 0 Å². The van der Waals surface area contributed by atoms with Crippen LogP contribution < -0.4 is 0 Å². The van der Waals surface area contributed by atoms with Gasteiger partial charge >= 0.3 is 0 Å². The molecule has 1 aromatic carbocycles. The van der Waals surface area contributed by atoms with E-state index in [1.54, 1.807) is 37.0 Å². The molecule has 1 unspecified atom stereocenters. The van der Waals surface area contributed by atoms with Crippen molar-refractivity contribution < 1.29 is 9.21 Å². The van der Waals surface area contributed by atoms with Crippen LogP contribution in [0.2, 0.25) is 5.02 Å². The Kier molecular flexibility index (Phi) is 5.39.